The first kappa shape index (κ1) is 12.3. The standard InChI is InChI=1S/C11H6BrF2NOS/c12-7-1-2-8(13)6(11(7)14)3-10(16)9-4-17-5-15-9/h1-2,4-5H,3H2. The van der Waals surface area contributed by atoms with Gasteiger partial charge in [0.25, 0.3) is 0 Å². The highest BCUT2D eigenvalue weighted by molar-refractivity contribution is 9.10. The van der Waals surface area contributed by atoms with Crippen LogP contribution in [0.1, 0.15) is 16.1 Å². The molecule has 0 saturated heterocycles. The molecule has 88 valence electrons. The van der Waals surface area contributed by atoms with Crippen LogP contribution in [0.4, 0.5) is 8.78 Å². The summed E-state index contributed by atoms with van der Waals surface area (Å²) >= 11 is 4.21. The molecular weight excluding hydrogens is 312 g/mol. The minimum atomic E-state index is -0.742. The summed E-state index contributed by atoms with van der Waals surface area (Å²) in [6.07, 6.45) is -0.333. The van der Waals surface area contributed by atoms with E-state index in [4.69, 9.17) is 0 Å². The second-order valence-corrected chi connectivity index (χ2v) is 4.87. The topological polar surface area (TPSA) is 30.0 Å². The summed E-state index contributed by atoms with van der Waals surface area (Å²) in [7, 11) is 0. The van der Waals surface area contributed by atoms with Crippen molar-refractivity contribution in [3.05, 3.63) is 50.4 Å². The maximum atomic E-state index is 13.6. The van der Waals surface area contributed by atoms with Crippen LogP contribution in [0.5, 0.6) is 0 Å². The second kappa shape index (κ2) is 5.01. The Morgan fingerprint density at radius 1 is 1.41 bits per heavy atom. The molecule has 0 unspecified atom stereocenters. The summed E-state index contributed by atoms with van der Waals surface area (Å²) in [5, 5.41) is 1.55. The van der Waals surface area contributed by atoms with Gasteiger partial charge in [0.1, 0.15) is 17.3 Å². The number of rotatable bonds is 3. The van der Waals surface area contributed by atoms with Gasteiger partial charge in [0, 0.05) is 17.4 Å². The van der Waals surface area contributed by atoms with Gasteiger partial charge in [-0.05, 0) is 28.1 Å². The van der Waals surface area contributed by atoms with Crippen molar-refractivity contribution in [2.45, 2.75) is 6.42 Å². The molecule has 1 aromatic carbocycles. The second-order valence-electron chi connectivity index (χ2n) is 3.30. The molecule has 0 saturated carbocycles. The summed E-state index contributed by atoms with van der Waals surface area (Å²) in [6, 6.07) is 2.39. The Morgan fingerprint density at radius 2 is 2.18 bits per heavy atom. The zero-order chi connectivity index (χ0) is 12.4. The lowest BCUT2D eigenvalue weighted by Gasteiger charge is -2.04. The fraction of sp³-hybridized carbons (Fsp3) is 0.0909. The van der Waals surface area contributed by atoms with Crippen LogP contribution in [0.3, 0.4) is 0 Å². The molecule has 0 aliphatic heterocycles. The fourth-order valence-corrected chi connectivity index (χ4v) is 2.26. The van der Waals surface area contributed by atoms with Crippen molar-refractivity contribution in [1.82, 2.24) is 4.98 Å². The lowest BCUT2D eigenvalue weighted by Crippen LogP contribution is -2.08. The lowest BCUT2D eigenvalue weighted by atomic mass is 10.1. The first-order chi connectivity index (χ1) is 8.09. The summed E-state index contributed by atoms with van der Waals surface area (Å²) in [5.41, 5.74) is 1.49. The van der Waals surface area contributed by atoms with Crippen molar-refractivity contribution in [3.8, 4) is 0 Å². The zero-order valence-corrected chi connectivity index (χ0v) is 10.8. The Labute approximate surface area is 108 Å². The van der Waals surface area contributed by atoms with Gasteiger partial charge in [-0.2, -0.15) is 0 Å². The van der Waals surface area contributed by atoms with E-state index in [-0.39, 0.29) is 22.2 Å². The van der Waals surface area contributed by atoms with Crippen molar-refractivity contribution in [2.24, 2.45) is 0 Å². The molecule has 0 amide bonds. The number of carbonyl (C=O) groups excluding carboxylic acids is 1. The van der Waals surface area contributed by atoms with Gasteiger partial charge in [0.05, 0.1) is 9.98 Å². The number of hydrogen-bond acceptors (Lipinski definition) is 3. The molecule has 0 aliphatic rings. The average Bonchev–Trinajstić information content (AvgIpc) is 2.83. The third-order valence-electron chi connectivity index (χ3n) is 2.19. The third-order valence-corrected chi connectivity index (χ3v) is 3.39. The van der Waals surface area contributed by atoms with E-state index in [2.05, 4.69) is 20.9 Å². The Bertz CT molecular complexity index is 557. The zero-order valence-electron chi connectivity index (χ0n) is 8.41. The van der Waals surface area contributed by atoms with Crippen LogP contribution in [-0.4, -0.2) is 10.8 Å². The minimum absolute atomic E-state index is 0.139. The predicted molar refractivity (Wildman–Crippen MR) is 64.2 cm³/mol. The van der Waals surface area contributed by atoms with Crippen LogP contribution < -0.4 is 0 Å². The highest BCUT2D eigenvalue weighted by Gasteiger charge is 2.17. The largest absolute Gasteiger partial charge is 0.292 e. The van der Waals surface area contributed by atoms with Gasteiger partial charge in [-0.25, -0.2) is 13.8 Å². The molecule has 0 aliphatic carbocycles. The van der Waals surface area contributed by atoms with Crippen molar-refractivity contribution in [1.29, 1.82) is 0 Å². The Balaban J connectivity index is 2.31. The number of hydrogen-bond donors (Lipinski definition) is 0. The maximum Gasteiger partial charge on any atom is 0.186 e. The van der Waals surface area contributed by atoms with Gasteiger partial charge in [0.2, 0.25) is 0 Å². The number of nitrogens with zero attached hydrogens (tertiary/aromatic N) is 1. The first-order valence-corrected chi connectivity index (χ1v) is 6.37. The summed E-state index contributed by atoms with van der Waals surface area (Å²) in [4.78, 5) is 15.5. The molecular formula is C11H6BrF2NOS. The van der Waals surface area contributed by atoms with E-state index in [1.807, 2.05) is 0 Å². The molecule has 2 rings (SSSR count). The van der Waals surface area contributed by atoms with Gasteiger partial charge >= 0.3 is 0 Å². The number of thiazole rings is 1. The van der Waals surface area contributed by atoms with Crippen molar-refractivity contribution in [3.63, 3.8) is 0 Å². The molecule has 1 aromatic heterocycles. The molecule has 0 bridgehead atoms. The molecule has 0 fully saturated rings. The number of benzene rings is 1. The van der Waals surface area contributed by atoms with Gasteiger partial charge in [-0.3, -0.25) is 4.79 Å². The molecule has 6 heteroatoms. The lowest BCUT2D eigenvalue weighted by molar-refractivity contribution is 0.0986. The minimum Gasteiger partial charge on any atom is -0.292 e. The Kier molecular flexibility index (Phi) is 3.63. The molecule has 2 nitrogen and oxygen atoms in total. The molecule has 0 radical (unpaired) electrons. The normalized spacial score (nSPS) is 10.5. The summed E-state index contributed by atoms with van der Waals surface area (Å²) < 4.78 is 27.1. The van der Waals surface area contributed by atoms with Crippen LogP contribution in [0.15, 0.2) is 27.5 Å². The van der Waals surface area contributed by atoms with E-state index in [0.717, 1.165) is 6.07 Å². The van der Waals surface area contributed by atoms with E-state index >= 15 is 0 Å². The van der Waals surface area contributed by atoms with E-state index < -0.39 is 17.4 Å². The number of Topliss-reactive ketones (excluding diaryl/α,β-unsaturated/α-hetero) is 1. The quantitative estimate of drug-likeness (QED) is 0.639. The third kappa shape index (κ3) is 2.58. The van der Waals surface area contributed by atoms with E-state index in [1.54, 1.807) is 5.38 Å². The number of halogens is 3. The van der Waals surface area contributed by atoms with Crippen LogP contribution in [0.25, 0.3) is 0 Å². The van der Waals surface area contributed by atoms with Gasteiger partial charge < -0.3 is 0 Å². The molecule has 0 atom stereocenters. The van der Waals surface area contributed by atoms with Crippen molar-refractivity contribution in [2.75, 3.05) is 0 Å². The Morgan fingerprint density at radius 3 is 2.82 bits per heavy atom. The summed E-state index contributed by atoms with van der Waals surface area (Å²) in [5.74, 6) is -1.87. The van der Waals surface area contributed by atoms with Crippen molar-refractivity contribution < 1.29 is 13.6 Å². The molecule has 17 heavy (non-hydrogen) atoms. The van der Waals surface area contributed by atoms with Crippen LogP contribution >= 0.6 is 27.3 Å². The highest BCUT2D eigenvalue weighted by atomic mass is 79.9. The molecule has 2 aromatic rings. The van der Waals surface area contributed by atoms with Gasteiger partial charge in [0.15, 0.2) is 5.78 Å². The first-order valence-electron chi connectivity index (χ1n) is 4.63. The molecule has 0 N–H and O–H groups in total. The van der Waals surface area contributed by atoms with E-state index in [0.29, 0.717) is 0 Å². The Hall–Kier alpha value is -1.14. The van der Waals surface area contributed by atoms with Gasteiger partial charge in [-0.15, -0.1) is 11.3 Å². The van der Waals surface area contributed by atoms with E-state index in [9.17, 15) is 13.6 Å². The van der Waals surface area contributed by atoms with Crippen molar-refractivity contribution >= 4 is 33.0 Å². The predicted octanol–water partition coefficient (Wildman–Crippen LogP) is 3.61. The van der Waals surface area contributed by atoms with Crippen LogP contribution in [-0.2, 0) is 6.42 Å². The molecule has 1 heterocycles. The SMILES string of the molecule is O=C(Cc1c(F)ccc(Br)c1F)c1cscn1. The fourth-order valence-electron chi connectivity index (χ4n) is 1.33. The van der Waals surface area contributed by atoms with E-state index in [1.165, 1.54) is 22.9 Å². The van der Waals surface area contributed by atoms with Gasteiger partial charge in [-0.1, -0.05) is 0 Å². The monoisotopic (exact) mass is 317 g/mol. The average molecular weight is 318 g/mol. The number of aromatic nitrogens is 1. The number of carbonyl (C=O) groups is 1. The summed E-state index contributed by atoms with van der Waals surface area (Å²) in [6.45, 7) is 0. The molecule has 0 spiro atoms. The number of ketones is 1. The smallest absolute Gasteiger partial charge is 0.186 e. The maximum absolute atomic E-state index is 13.6. The van der Waals surface area contributed by atoms with Crippen LogP contribution in [0, 0.1) is 11.6 Å². The van der Waals surface area contributed by atoms with Crippen LogP contribution in [0.2, 0.25) is 0 Å². The highest BCUT2D eigenvalue weighted by Crippen LogP contribution is 2.22.